The highest BCUT2D eigenvalue weighted by Gasteiger charge is 2.20. The van der Waals surface area contributed by atoms with E-state index in [1.165, 1.54) is 0 Å². The number of hydrogen-bond acceptors (Lipinski definition) is 2. The average Bonchev–Trinajstić information content (AvgIpc) is 2.46. The minimum atomic E-state index is -0.970. The van der Waals surface area contributed by atoms with E-state index in [0.717, 1.165) is 30.7 Å². The molecule has 1 aliphatic carbocycles. The van der Waals surface area contributed by atoms with Crippen molar-refractivity contribution in [3.05, 3.63) is 17.2 Å². The quantitative estimate of drug-likeness (QED) is 0.683. The third-order valence-corrected chi connectivity index (χ3v) is 2.49. The number of aryl methyl sites for hydroxylation is 1. The summed E-state index contributed by atoms with van der Waals surface area (Å²) in [5, 5.41) is 8.71. The molecule has 1 aromatic heterocycles. The van der Waals surface area contributed by atoms with E-state index < -0.39 is 5.97 Å². The van der Waals surface area contributed by atoms with Crippen molar-refractivity contribution in [3.8, 4) is 0 Å². The predicted octanol–water partition coefficient (Wildman–Crippen LogP) is 1.23. The molecular weight excluding hydrogens is 168 g/mol. The van der Waals surface area contributed by atoms with E-state index >= 15 is 0 Å². The van der Waals surface area contributed by atoms with E-state index in [-0.39, 0.29) is 5.82 Å². The van der Waals surface area contributed by atoms with E-state index in [0.29, 0.717) is 5.92 Å². The number of nitrogens with one attached hydrogen (secondary N) is 1. The monoisotopic (exact) mass is 180 g/mol. The summed E-state index contributed by atoms with van der Waals surface area (Å²) < 4.78 is 0. The number of H-pyrrole nitrogens is 1. The van der Waals surface area contributed by atoms with Crippen molar-refractivity contribution in [2.24, 2.45) is 5.92 Å². The summed E-state index contributed by atoms with van der Waals surface area (Å²) in [5.74, 6) is -0.254. The van der Waals surface area contributed by atoms with Crippen LogP contribution in [0.5, 0.6) is 0 Å². The topological polar surface area (TPSA) is 66.0 Å². The van der Waals surface area contributed by atoms with Gasteiger partial charge in [0.15, 0.2) is 0 Å². The second kappa shape index (κ2) is 2.87. The summed E-state index contributed by atoms with van der Waals surface area (Å²) in [6.07, 6.45) is 2.94. The van der Waals surface area contributed by atoms with E-state index in [2.05, 4.69) is 16.9 Å². The Morgan fingerprint density at radius 1 is 1.69 bits per heavy atom. The molecule has 2 N–H and O–H groups in total. The zero-order valence-electron chi connectivity index (χ0n) is 7.50. The largest absolute Gasteiger partial charge is 0.475 e. The summed E-state index contributed by atoms with van der Waals surface area (Å²) in [4.78, 5) is 17.5. The normalized spacial score (nSPS) is 21.2. The van der Waals surface area contributed by atoms with Crippen LogP contribution < -0.4 is 0 Å². The molecule has 0 amide bonds. The van der Waals surface area contributed by atoms with Crippen LogP contribution in [0.1, 0.15) is 35.4 Å². The van der Waals surface area contributed by atoms with Crippen LogP contribution >= 0.6 is 0 Å². The van der Waals surface area contributed by atoms with E-state index in [4.69, 9.17) is 5.11 Å². The number of aromatic nitrogens is 2. The van der Waals surface area contributed by atoms with Crippen molar-refractivity contribution in [1.29, 1.82) is 0 Å². The molecule has 0 aromatic carbocycles. The molecule has 1 heterocycles. The number of nitrogens with zero attached hydrogens (tertiary/aromatic N) is 1. The molecule has 0 saturated heterocycles. The average molecular weight is 180 g/mol. The minimum Gasteiger partial charge on any atom is -0.475 e. The van der Waals surface area contributed by atoms with Crippen molar-refractivity contribution < 1.29 is 9.90 Å². The standard InChI is InChI=1S/C9H12N2O2/c1-5-2-3-6-7(4-5)11-8(10-6)9(12)13/h5H,2-4H2,1H3,(H,10,11)(H,12,13). The third-order valence-electron chi connectivity index (χ3n) is 2.49. The van der Waals surface area contributed by atoms with Crippen LogP contribution in [0.2, 0.25) is 0 Å². The molecule has 1 aromatic rings. The van der Waals surface area contributed by atoms with Gasteiger partial charge in [-0.05, 0) is 25.2 Å². The lowest BCUT2D eigenvalue weighted by Gasteiger charge is -2.15. The van der Waals surface area contributed by atoms with Gasteiger partial charge < -0.3 is 10.1 Å². The van der Waals surface area contributed by atoms with Gasteiger partial charge in [-0.3, -0.25) is 0 Å². The molecule has 4 nitrogen and oxygen atoms in total. The number of carboxylic acids is 1. The molecule has 0 fully saturated rings. The van der Waals surface area contributed by atoms with Gasteiger partial charge in [0.25, 0.3) is 0 Å². The molecule has 1 unspecified atom stereocenters. The van der Waals surface area contributed by atoms with Crippen LogP contribution in [0, 0.1) is 5.92 Å². The van der Waals surface area contributed by atoms with Crippen molar-refractivity contribution >= 4 is 5.97 Å². The molecule has 70 valence electrons. The van der Waals surface area contributed by atoms with Gasteiger partial charge in [0.1, 0.15) is 0 Å². The number of imidazole rings is 1. The van der Waals surface area contributed by atoms with Crippen LogP contribution in [-0.2, 0) is 12.8 Å². The Bertz CT molecular complexity index is 343. The van der Waals surface area contributed by atoms with Crippen LogP contribution in [0.25, 0.3) is 0 Å². The van der Waals surface area contributed by atoms with Crippen LogP contribution in [0.15, 0.2) is 0 Å². The molecule has 1 atom stereocenters. The fourth-order valence-corrected chi connectivity index (χ4v) is 1.76. The zero-order chi connectivity index (χ0) is 9.42. The number of hydrogen-bond donors (Lipinski definition) is 2. The molecule has 1 aliphatic rings. The van der Waals surface area contributed by atoms with Gasteiger partial charge in [-0.25, -0.2) is 9.78 Å². The molecule has 4 heteroatoms. The summed E-state index contributed by atoms with van der Waals surface area (Å²) in [5.41, 5.74) is 1.95. The second-order valence-electron chi connectivity index (χ2n) is 3.66. The summed E-state index contributed by atoms with van der Waals surface area (Å²) >= 11 is 0. The SMILES string of the molecule is CC1CCc2nc(C(=O)O)[nH]c2C1. The summed E-state index contributed by atoms with van der Waals surface area (Å²) in [6, 6.07) is 0. The molecule has 0 bridgehead atoms. The van der Waals surface area contributed by atoms with E-state index in [1.807, 2.05) is 0 Å². The van der Waals surface area contributed by atoms with Crippen LogP contribution in [0.3, 0.4) is 0 Å². The van der Waals surface area contributed by atoms with Gasteiger partial charge in [-0.2, -0.15) is 0 Å². The van der Waals surface area contributed by atoms with Gasteiger partial charge >= 0.3 is 5.97 Å². The zero-order valence-corrected chi connectivity index (χ0v) is 7.50. The van der Waals surface area contributed by atoms with E-state index in [1.54, 1.807) is 0 Å². The molecule has 2 rings (SSSR count). The van der Waals surface area contributed by atoms with Crippen molar-refractivity contribution in [3.63, 3.8) is 0 Å². The molecule has 0 saturated carbocycles. The molecule has 0 spiro atoms. The molecule has 0 aliphatic heterocycles. The number of rotatable bonds is 1. The fourth-order valence-electron chi connectivity index (χ4n) is 1.76. The number of aromatic carboxylic acids is 1. The smallest absolute Gasteiger partial charge is 0.371 e. The summed E-state index contributed by atoms with van der Waals surface area (Å²) in [6.45, 7) is 2.17. The second-order valence-corrected chi connectivity index (χ2v) is 3.66. The van der Waals surface area contributed by atoms with Gasteiger partial charge in [-0.15, -0.1) is 0 Å². The maximum Gasteiger partial charge on any atom is 0.371 e. The Labute approximate surface area is 76.0 Å². The minimum absolute atomic E-state index is 0.0825. The summed E-state index contributed by atoms with van der Waals surface area (Å²) in [7, 11) is 0. The third kappa shape index (κ3) is 1.43. The highest BCUT2D eigenvalue weighted by Crippen LogP contribution is 2.23. The first-order valence-corrected chi connectivity index (χ1v) is 4.48. The van der Waals surface area contributed by atoms with Crippen LogP contribution in [0.4, 0.5) is 0 Å². The van der Waals surface area contributed by atoms with Crippen molar-refractivity contribution in [2.75, 3.05) is 0 Å². The first-order valence-electron chi connectivity index (χ1n) is 4.48. The molecular formula is C9H12N2O2. The Hall–Kier alpha value is -1.32. The number of fused-ring (bicyclic) bond motifs is 1. The predicted molar refractivity (Wildman–Crippen MR) is 46.7 cm³/mol. The van der Waals surface area contributed by atoms with Gasteiger partial charge in [0.2, 0.25) is 5.82 Å². The maximum absolute atomic E-state index is 10.6. The lowest BCUT2D eigenvalue weighted by Crippen LogP contribution is -2.10. The Balaban J connectivity index is 2.33. The lowest BCUT2D eigenvalue weighted by molar-refractivity contribution is 0.0684. The van der Waals surface area contributed by atoms with Gasteiger partial charge in [-0.1, -0.05) is 6.92 Å². The van der Waals surface area contributed by atoms with Gasteiger partial charge in [0.05, 0.1) is 5.69 Å². The van der Waals surface area contributed by atoms with Crippen molar-refractivity contribution in [2.45, 2.75) is 26.2 Å². The number of carboxylic acid groups (broad SMARTS) is 1. The molecule has 13 heavy (non-hydrogen) atoms. The number of aromatic amines is 1. The fraction of sp³-hybridized carbons (Fsp3) is 0.556. The van der Waals surface area contributed by atoms with Crippen LogP contribution in [-0.4, -0.2) is 21.0 Å². The Kier molecular flexibility index (Phi) is 1.83. The highest BCUT2D eigenvalue weighted by molar-refractivity contribution is 5.83. The van der Waals surface area contributed by atoms with Crippen molar-refractivity contribution in [1.82, 2.24) is 9.97 Å². The van der Waals surface area contributed by atoms with Gasteiger partial charge in [0, 0.05) is 5.69 Å². The Morgan fingerprint density at radius 2 is 2.46 bits per heavy atom. The number of carbonyl (C=O) groups is 1. The Morgan fingerprint density at radius 3 is 3.15 bits per heavy atom. The highest BCUT2D eigenvalue weighted by atomic mass is 16.4. The lowest BCUT2D eigenvalue weighted by atomic mass is 9.92. The molecule has 0 radical (unpaired) electrons. The maximum atomic E-state index is 10.6. The van der Waals surface area contributed by atoms with E-state index in [9.17, 15) is 4.79 Å². The first-order chi connectivity index (χ1) is 6.16. The first kappa shape index (κ1) is 8.29.